The van der Waals surface area contributed by atoms with Gasteiger partial charge < -0.3 is 14.7 Å². The number of hydrogen-bond donors (Lipinski definition) is 1. The molecule has 2 rings (SSSR count). The third-order valence-electron chi connectivity index (χ3n) is 3.36. The van der Waals surface area contributed by atoms with Crippen molar-refractivity contribution in [3.05, 3.63) is 34.1 Å². The number of nitrogens with zero attached hydrogens (tertiary/aromatic N) is 4. The van der Waals surface area contributed by atoms with Gasteiger partial charge in [0.15, 0.2) is 11.8 Å². The van der Waals surface area contributed by atoms with Crippen LogP contribution in [0, 0.1) is 0 Å². The van der Waals surface area contributed by atoms with E-state index in [0.717, 1.165) is 18.9 Å². The Morgan fingerprint density at radius 2 is 2.17 bits per heavy atom. The monoisotopic (exact) mass is 463 g/mol. The number of thiophene rings is 1. The van der Waals surface area contributed by atoms with Crippen LogP contribution in [0.1, 0.15) is 37.4 Å². The molecule has 0 atom stereocenters. The number of nitrogens with one attached hydrogen (secondary N) is 1. The van der Waals surface area contributed by atoms with Crippen molar-refractivity contribution >= 4 is 41.3 Å². The molecule has 1 N–H and O–H groups in total. The lowest BCUT2D eigenvalue weighted by atomic mass is 9.97. The van der Waals surface area contributed by atoms with Crippen LogP contribution in [0.5, 0.6) is 0 Å². The average molecular weight is 463 g/mol. The fourth-order valence-corrected chi connectivity index (χ4v) is 2.71. The minimum atomic E-state index is -0.134. The highest BCUT2D eigenvalue weighted by Gasteiger charge is 2.21. The van der Waals surface area contributed by atoms with Crippen LogP contribution < -0.4 is 5.32 Å². The first-order valence-electron chi connectivity index (χ1n) is 7.67. The highest BCUT2D eigenvalue weighted by atomic mass is 127. The van der Waals surface area contributed by atoms with Crippen LogP contribution >= 0.6 is 35.3 Å². The molecule has 0 aliphatic heterocycles. The summed E-state index contributed by atoms with van der Waals surface area (Å²) in [6.07, 6.45) is 1.01. The van der Waals surface area contributed by atoms with E-state index in [9.17, 15) is 0 Å². The Kier molecular flexibility index (Phi) is 8.14. The number of hydrogen-bond acceptors (Lipinski definition) is 5. The second-order valence-corrected chi connectivity index (χ2v) is 7.45. The molecule has 0 spiro atoms. The zero-order valence-corrected chi connectivity index (χ0v) is 18.0. The molecular formula is C16H26IN5OS. The van der Waals surface area contributed by atoms with Crippen molar-refractivity contribution in [3.63, 3.8) is 0 Å². The SMILES string of the molecule is CN=C(NCc1noc(C(C)(C)C)n1)N(C)CCc1cccs1.I. The van der Waals surface area contributed by atoms with Gasteiger partial charge in [-0.2, -0.15) is 4.98 Å². The fourth-order valence-electron chi connectivity index (χ4n) is 2.01. The molecule has 0 fully saturated rings. The molecule has 2 heterocycles. The van der Waals surface area contributed by atoms with Crippen molar-refractivity contribution in [1.82, 2.24) is 20.4 Å². The number of aromatic nitrogens is 2. The van der Waals surface area contributed by atoms with Gasteiger partial charge >= 0.3 is 0 Å². The molecule has 0 aliphatic carbocycles. The van der Waals surface area contributed by atoms with E-state index < -0.39 is 0 Å². The van der Waals surface area contributed by atoms with E-state index in [1.54, 1.807) is 18.4 Å². The molecule has 24 heavy (non-hydrogen) atoms. The molecule has 2 aromatic rings. The molecule has 0 unspecified atom stereocenters. The molecule has 6 nitrogen and oxygen atoms in total. The summed E-state index contributed by atoms with van der Waals surface area (Å²) in [6, 6.07) is 4.23. The molecule has 0 radical (unpaired) electrons. The third-order valence-corrected chi connectivity index (χ3v) is 4.30. The second-order valence-electron chi connectivity index (χ2n) is 6.42. The van der Waals surface area contributed by atoms with Crippen molar-refractivity contribution in [2.75, 3.05) is 20.6 Å². The lowest BCUT2D eigenvalue weighted by molar-refractivity contribution is 0.318. The van der Waals surface area contributed by atoms with E-state index in [4.69, 9.17) is 4.52 Å². The molecular weight excluding hydrogens is 437 g/mol. The van der Waals surface area contributed by atoms with Crippen LogP contribution in [0.15, 0.2) is 27.0 Å². The van der Waals surface area contributed by atoms with Crippen molar-refractivity contribution in [3.8, 4) is 0 Å². The molecule has 134 valence electrons. The van der Waals surface area contributed by atoms with Crippen molar-refractivity contribution < 1.29 is 4.52 Å². The Hall–Kier alpha value is -1.16. The number of guanidine groups is 1. The van der Waals surface area contributed by atoms with Gasteiger partial charge in [-0.05, 0) is 17.9 Å². The minimum Gasteiger partial charge on any atom is -0.349 e. The first kappa shape index (κ1) is 20.9. The van der Waals surface area contributed by atoms with E-state index in [1.165, 1.54) is 4.88 Å². The largest absolute Gasteiger partial charge is 0.349 e. The lowest BCUT2D eigenvalue weighted by Gasteiger charge is -2.21. The average Bonchev–Trinajstić information content (AvgIpc) is 3.16. The van der Waals surface area contributed by atoms with Crippen LogP contribution in [0.25, 0.3) is 0 Å². The summed E-state index contributed by atoms with van der Waals surface area (Å²) in [6.45, 7) is 7.55. The zero-order chi connectivity index (χ0) is 16.9. The molecule has 0 bridgehead atoms. The maximum atomic E-state index is 5.30. The van der Waals surface area contributed by atoms with Gasteiger partial charge in [0.1, 0.15) is 0 Å². The predicted molar refractivity (Wildman–Crippen MR) is 109 cm³/mol. The topological polar surface area (TPSA) is 66.5 Å². The smallest absolute Gasteiger partial charge is 0.232 e. The van der Waals surface area contributed by atoms with Crippen LogP contribution in [-0.2, 0) is 18.4 Å². The van der Waals surface area contributed by atoms with Crippen molar-refractivity contribution in [2.24, 2.45) is 4.99 Å². The number of aliphatic imine (C=N–C) groups is 1. The summed E-state index contributed by atoms with van der Waals surface area (Å²) in [5, 5.41) is 9.39. The van der Waals surface area contributed by atoms with E-state index >= 15 is 0 Å². The third kappa shape index (κ3) is 6.04. The highest BCUT2D eigenvalue weighted by molar-refractivity contribution is 14.0. The normalized spacial score (nSPS) is 12.0. The van der Waals surface area contributed by atoms with E-state index in [-0.39, 0.29) is 29.4 Å². The maximum Gasteiger partial charge on any atom is 0.232 e. The van der Waals surface area contributed by atoms with Gasteiger partial charge in [0.25, 0.3) is 0 Å². The van der Waals surface area contributed by atoms with Crippen molar-refractivity contribution in [2.45, 2.75) is 39.2 Å². The Labute approximate surface area is 164 Å². The minimum absolute atomic E-state index is 0. The van der Waals surface area contributed by atoms with Crippen molar-refractivity contribution in [1.29, 1.82) is 0 Å². The van der Waals surface area contributed by atoms with Gasteiger partial charge in [-0.3, -0.25) is 4.99 Å². The van der Waals surface area contributed by atoms with Gasteiger partial charge in [-0.25, -0.2) is 0 Å². The van der Waals surface area contributed by atoms with Gasteiger partial charge in [0.2, 0.25) is 5.89 Å². The Morgan fingerprint density at radius 1 is 1.42 bits per heavy atom. The summed E-state index contributed by atoms with van der Waals surface area (Å²) in [5.41, 5.74) is -0.134. The predicted octanol–water partition coefficient (Wildman–Crippen LogP) is 3.30. The van der Waals surface area contributed by atoms with Gasteiger partial charge in [-0.1, -0.05) is 32.0 Å². The first-order valence-corrected chi connectivity index (χ1v) is 8.55. The molecule has 0 aromatic carbocycles. The number of rotatable bonds is 5. The molecule has 8 heteroatoms. The van der Waals surface area contributed by atoms with Gasteiger partial charge in [0.05, 0.1) is 6.54 Å². The summed E-state index contributed by atoms with van der Waals surface area (Å²) in [7, 11) is 3.81. The fraction of sp³-hybridized carbons (Fsp3) is 0.562. The van der Waals surface area contributed by atoms with E-state index in [0.29, 0.717) is 18.3 Å². The first-order chi connectivity index (χ1) is 10.9. The van der Waals surface area contributed by atoms with Crippen LogP contribution in [0.3, 0.4) is 0 Å². The second kappa shape index (κ2) is 9.36. The summed E-state index contributed by atoms with van der Waals surface area (Å²) < 4.78 is 5.30. The van der Waals surface area contributed by atoms with Gasteiger partial charge in [0, 0.05) is 30.9 Å². The van der Waals surface area contributed by atoms with Crippen LogP contribution in [-0.4, -0.2) is 41.6 Å². The Morgan fingerprint density at radius 3 is 2.71 bits per heavy atom. The molecule has 2 aromatic heterocycles. The lowest BCUT2D eigenvalue weighted by Crippen LogP contribution is -2.39. The summed E-state index contributed by atoms with van der Waals surface area (Å²) in [4.78, 5) is 12.2. The Bertz CT molecular complexity index is 633. The number of likely N-dealkylation sites (N-methyl/N-ethyl adjacent to an activating group) is 1. The number of halogens is 1. The molecule has 0 saturated heterocycles. The van der Waals surface area contributed by atoms with Gasteiger partial charge in [-0.15, -0.1) is 35.3 Å². The quantitative estimate of drug-likeness (QED) is 0.419. The molecule has 0 aliphatic rings. The highest BCUT2D eigenvalue weighted by Crippen LogP contribution is 2.19. The molecule has 0 saturated carbocycles. The van der Waals surface area contributed by atoms with Crippen LogP contribution in [0.4, 0.5) is 0 Å². The van der Waals surface area contributed by atoms with E-state index in [2.05, 4.69) is 63.6 Å². The summed E-state index contributed by atoms with van der Waals surface area (Å²) in [5.74, 6) is 2.11. The van der Waals surface area contributed by atoms with E-state index in [1.807, 2.05) is 7.05 Å². The zero-order valence-electron chi connectivity index (χ0n) is 14.9. The van der Waals surface area contributed by atoms with Crippen LogP contribution in [0.2, 0.25) is 0 Å². The summed E-state index contributed by atoms with van der Waals surface area (Å²) >= 11 is 1.78. The molecule has 0 amide bonds. The maximum absolute atomic E-state index is 5.30. The standard InChI is InChI=1S/C16H25N5OS.HI/c1-16(2,3)14-19-13(20-22-14)11-18-15(17-4)21(5)9-8-12-7-6-10-23-12;/h6-7,10H,8-9,11H2,1-5H3,(H,17,18);1H. The Balaban J connectivity index is 0.00000288.